The second kappa shape index (κ2) is 9.17. The third-order valence-electron chi connectivity index (χ3n) is 3.14. The molecule has 0 fully saturated rings. The van der Waals surface area contributed by atoms with Crippen LogP contribution in [0, 0.1) is 5.82 Å². The van der Waals surface area contributed by atoms with Crippen molar-refractivity contribution < 1.29 is 17.9 Å². The zero-order valence-electron chi connectivity index (χ0n) is 13.1. The van der Waals surface area contributed by atoms with Crippen LogP contribution >= 0.6 is 0 Å². The Labute approximate surface area is 129 Å². The van der Waals surface area contributed by atoms with Crippen LogP contribution in [0.4, 0.5) is 13.2 Å². The van der Waals surface area contributed by atoms with Gasteiger partial charge in [-0.15, -0.1) is 0 Å². The van der Waals surface area contributed by atoms with E-state index in [1.165, 1.54) is 18.2 Å². The van der Waals surface area contributed by atoms with Gasteiger partial charge in [0.15, 0.2) is 5.96 Å². The van der Waals surface area contributed by atoms with Crippen molar-refractivity contribution in [2.75, 3.05) is 20.6 Å². The number of aliphatic imine (C=N–C) groups is 1. The highest BCUT2D eigenvalue weighted by molar-refractivity contribution is 5.79. The highest BCUT2D eigenvalue weighted by atomic mass is 19.3. The van der Waals surface area contributed by atoms with Crippen LogP contribution in [0.5, 0.6) is 5.75 Å². The minimum Gasteiger partial charge on any atom is -0.434 e. The van der Waals surface area contributed by atoms with Crippen LogP contribution in [0.2, 0.25) is 0 Å². The summed E-state index contributed by atoms with van der Waals surface area (Å²) < 4.78 is 42.9. The van der Waals surface area contributed by atoms with Gasteiger partial charge in [0.25, 0.3) is 0 Å². The van der Waals surface area contributed by atoms with Crippen molar-refractivity contribution >= 4 is 5.96 Å². The van der Waals surface area contributed by atoms with E-state index < -0.39 is 12.4 Å². The number of alkyl halides is 2. The van der Waals surface area contributed by atoms with Gasteiger partial charge in [-0.05, 0) is 18.6 Å². The molecule has 7 heteroatoms. The number of nitrogens with one attached hydrogen (secondary N) is 1. The summed E-state index contributed by atoms with van der Waals surface area (Å²) in [5.41, 5.74) is 0.0489. The number of hydrogen-bond acceptors (Lipinski definition) is 2. The third-order valence-corrected chi connectivity index (χ3v) is 3.14. The molecule has 1 aromatic carbocycles. The molecule has 0 aliphatic heterocycles. The summed E-state index contributed by atoms with van der Waals surface area (Å²) in [5, 5.41) is 2.96. The van der Waals surface area contributed by atoms with E-state index in [0.29, 0.717) is 5.96 Å². The van der Waals surface area contributed by atoms with Crippen LogP contribution in [-0.4, -0.2) is 38.1 Å². The van der Waals surface area contributed by atoms with Crippen molar-refractivity contribution in [3.63, 3.8) is 0 Å². The Morgan fingerprint density at radius 2 is 2.14 bits per heavy atom. The van der Waals surface area contributed by atoms with Crippen molar-refractivity contribution in [2.24, 2.45) is 4.99 Å². The van der Waals surface area contributed by atoms with Gasteiger partial charge in [0.1, 0.15) is 11.6 Å². The summed E-state index contributed by atoms with van der Waals surface area (Å²) in [7, 11) is 3.48. The fourth-order valence-corrected chi connectivity index (χ4v) is 1.97. The van der Waals surface area contributed by atoms with Crippen LogP contribution in [0.1, 0.15) is 25.3 Å². The van der Waals surface area contributed by atoms with E-state index in [4.69, 9.17) is 0 Å². The average Bonchev–Trinajstić information content (AvgIpc) is 2.47. The number of rotatable bonds is 7. The first-order chi connectivity index (χ1) is 10.5. The van der Waals surface area contributed by atoms with Gasteiger partial charge in [0.2, 0.25) is 0 Å². The normalized spacial score (nSPS) is 11.7. The van der Waals surface area contributed by atoms with E-state index >= 15 is 0 Å². The summed E-state index contributed by atoms with van der Waals surface area (Å²) >= 11 is 0. The molecule has 0 radical (unpaired) electrons. The summed E-state index contributed by atoms with van der Waals surface area (Å²) in [6.07, 6.45) is 2.04. The van der Waals surface area contributed by atoms with Crippen LogP contribution in [0.3, 0.4) is 0 Å². The fourth-order valence-electron chi connectivity index (χ4n) is 1.97. The molecule has 1 rings (SSSR count). The SMILES string of the molecule is CCCCN(C)C(=NC)NCc1c(F)cccc1OC(F)F. The lowest BCUT2D eigenvalue weighted by Gasteiger charge is -2.22. The number of unbranched alkanes of at least 4 members (excludes halogenated alkanes) is 1. The van der Waals surface area contributed by atoms with Crippen molar-refractivity contribution in [2.45, 2.75) is 32.9 Å². The molecule has 0 aliphatic rings. The largest absolute Gasteiger partial charge is 0.434 e. The van der Waals surface area contributed by atoms with Crippen LogP contribution in [0.15, 0.2) is 23.2 Å². The van der Waals surface area contributed by atoms with E-state index in [1.54, 1.807) is 7.05 Å². The topological polar surface area (TPSA) is 36.9 Å². The number of ether oxygens (including phenoxy) is 1. The molecule has 0 bridgehead atoms. The van der Waals surface area contributed by atoms with E-state index in [0.717, 1.165) is 19.4 Å². The monoisotopic (exact) mass is 317 g/mol. The predicted octanol–water partition coefficient (Wildman–Crippen LogP) is 3.23. The molecule has 1 aromatic rings. The minimum atomic E-state index is -2.99. The van der Waals surface area contributed by atoms with E-state index in [1.807, 2.05) is 11.9 Å². The van der Waals surface area contributed by atoms with Crippen LogP contribution in [0.25, 0.3) is 0 Å². The maximum atomic E-state index is 13.8. The molecule has 0 heterocycles. The van der Waals surface area contributed by atoms with Crippen molar-refractivity contribution in [1.29, 1.82) is 0 Å². The Hall–Kier alpha value is -1.92. The lowest BCUT2D eigenvalue weighted by atomic mass is 10.2. The summed E-state index contributed by atoms with van der Waals surface area (Å²) in [6, 6.07) is 3.85. The molecule has 22 heavy (non-hydrogen) atoms. The molecule has 0 amide bonds. The van der Waals surface area contributed by atoms with Gasteiger partial charge in [0, 0.05) is 32.7 Å². The van der Waals surface area contributed by atoms with Gasteiger partial charge < -0.3 is 15.0 Å². The first-order valence-electron chi connectivity index (χ1n) is 7.13. The van der Waals surface area contributed by atoms with E-state index in [9.17, 15) is 13.2 Å². The number of benzene rings is 1. The first-order valence-corrected chi connectivity index (χ1v) is 7.13. The van der Waals surface area contributed by atoms with Gasteiger partial charge in [0.05, 0.1) is 0 Å². The minimum absolute atomic E-state index is 0.0118. The predicted molar refractivity (Wildman–Crippen MR) is 80.8 cm³/mol. The quantitative estimate of drug-likeness (QED) is 0.620. The Balaban J connectivity index is 2.77. The molecule has 0 unspecified atom stereocenters. The summed E-state index contributed by atoms with van der Waals surface area (Å²) in [4.78, 5) is 6.00. The molecule has 124 valence electrons. The van der Waals surface area contributed by atoms with Gasteiger partial charge in [-0.2, -0.15) is 8.78 Å². The smallest absolute Gasteiger partial charge is 0.387 e. The molecule has 0 atom stereocenters. The molecule has 4 nitrogen and oxygen atoms in total. The Morgan fingerprint density at radius 1 is 1.41 bits per heavy atom. The number of guanidine groups is 1. The Morgan fingerprint density at radius 3 is 2.73 bits per heavy atom. The van der Waals surface area contributed by atoms with Gasteiger partial charge in [-0.3, -0.25) is 4.99 Å². The molecular weight excluding hydrogens is 295 g/mol. The van der Waals surface area contributed by atoms with Gasteiger partial charge >= 0.3 is 6.61 Å². The van der Waals surface area contributed by atoms with Gasteiger partial charge in [-0.25, -0.2) is 4.39 Å². The lowest BCUT2D eigenvalue weighted by Crippen LogP contribution is -2.39. The molecule has 0 saturated heterocycles. The molecule has 1 N–H and O–H groups in total. The second-order valence-electron chi connectivity index (χ2n) is 4.77. The van der Waals surface area contributed by atoms with E-state index in [-0.39, 0.29) is 17.9 Å². The maximum Gasteiger partial charge on any atom is 0.387 e. The summed E-state index contributed by atoms with van der Waals surface area (Å²) in [5.74, 6) is -0.203. The van der Waals surface area contributed by atoms with Crippen molar-refractivity contribution in [3.05, 3.63) is 29.6 Å². The van der Waals surface area contributed by atoms with Crippen LogP contribution in [-0.2, 0) is 6.54 Å². The molecule has 0 saturated carbocycles. The van der Waals surface area contributed by atoms with E-state index in [2.05, 4.69) is 22.0 Å². The summed E-state index contributed by atoms with van der Waals surface area (Å²) in [6.45, 7) is -0.102. The standard InChI is InChI=1S/C15H22F3N3O/c1-4-5-9-21(3)15(19-2)20-10-11-12(16)7-6-8-13(11)22-14(17)18/h6-8,14H,4-5,9-10H2,1-3H3,(H,19,20). The molecule has 0 spiro atoms. The Kier molecular flexibility index (Phi) is 7.56. The number of nitrogens with zero attached hydrogens (tertiary/aromatic N) is 2. The highest BCUT2D eigenvalue weighted by Gasteiger charge is 2.14. The highest BCUT2D eigenvalue weighted by Crippen LogP contribution is 2.23. The Bertz CT molecular complexity index is 495. The molecule has 0 aromatic heterocycles. The van der Waals surface area contributed by atoms with Crippen LogP contribution < -0.4 is 10.1 Å². The average molecular weight is 317 g/mol. The first kappa shape index (κ1) is 18.1. The van der Waals surface area contributed by atoms with Gasteiger partial charge in [-0.1, -0.05) is 19.4 Å². The molecule has 0 aliphatic carbocycles. The molecular formula is C15H22F3N3O. The second-order valence-corrected chi connectivity index (χ2v) is 4.77. The van der Waals surface area contributed by atoms with Crippen molar-refractivity contribution in [1.82, 2.24) is 10.2 Å². The third kappa shape index (κ3) is 5.46. The fraction of sp³-hybridized carbons (Fsp3) is 0.533. The zero-order chi connectivity index (χ0) is 16.5. The number of hydrogen-bond donors (Lipinski definition) is 1. The lowest BCUT2D eigenvalue weighted by molar-refractivity contribution is -0.0506. The number of halogens is 3. The van der Waals surface area contributed by atoms with Crippen molar-refractivity contribution in [3.8, 4) is 5.75 Å². The zero-order valence-corrected chi connectivity index (χ0v) is 13.1. The maximum absolute atomic E-state index is 13.8.